The smallest absolute Gasteiger partial charge is 0.0701 e. The fraction of sp³-hybridized carbons (Fsp3) is 0.636. The van der Waals surface area contributed by atoms with Crippen LogP contribution in [0.3, 0.4) is 0 Å². The number of nitrogens with two attached hydrogens (primary N) is 1. The van der Waals surface area contributed by atoms with E-state index in [1.54, 1.807) is 0 Å². The fourth-order valence-corrected chi connectivity index (χ4v) is 3.04. The average molecular weight is 276 g/mol. The molecule has 0 aromatic carbocycles. The molecule has 1 aromatic rings. The minimum absolute atomic E-state index is 0.357. The molecular formula is C11H18BrNS. The van der Waals surface area contributed by atoms with Gasteiger partial charge >= 0.3 is 0 Å². The van der Waals surface area contributed by atoms with Crippen LogP contribution in [-0.2, 0) is 6.42 Å². The molecule has 0 bridgehead atoms. The summed E-state index contributed by atoms with van der Waals surface area (Å²) < 4.78 is 1.21. The van der Waals surface area contributed by atoms with E-state index in [1.165, 1.54) is 8.66 Å². The molecule has 1 heterocycles. The Morgan fingerprint density at radius 1 is 1.43 bits per heavy atom. The third-order valence-corrected chi connectivity index (χ3v) is 3.85. The Kier molecular flexibility index (Phi) is 5.13. The highest BCUT2D eigenvalue weighted by Crippen LogP contribution is 2.23. The van der Waals surface area contributed by atoms with Gasteiger partial charge in [0.25, 0.3) is 0 Å². The molecule has 0 spiro atoms. The summed E-state index contributed by atoms with van der Waals surface area (Å²) in [4.78, 5) is 1.43. The number of hydrogen-bond donors (Lipinski definition) is 1. The molecule has 0 aliphatic heterocycles. The van der Waals surface area contributed by atoms with E-state index in [9.17, 15) is 0 Å². The molecule has 1 rings (SSSR count). The first-order chi connectivity index (χ1) is 6.58. The number of rotatable bonds is 5. The molecule has 1 unspecified atom stereocenters. The van der Waals surface area contributed by atoms with Crippen LogP contribution in [0.15, 0.2) is 15.9 Å². The van der Waals surface area contributed by atoms with E-state index in [0.717, 1.165) is 19.3 Å². The van der Waals surface area contributed by atoms with Gasteiger partial charge in [0.05, 0.1) is 3.79 Å². The van der Waals surface area contributed by atoms with Crippen molar-refractivity contribution in [3.63, 3.8) is 0 Å². The van der Waals surface area contributed by atoms with E-state index in [0.29, 0.717) is 12.0 Å². The van der Waals surface area contributed by atoms with Crippen LogP contribution >= 0.6 is 27.3 Å². The highest BCUT2D eigenvalue weighted by atomic mass is 79.9. The molecule has 0 aliphatic carbocycles. The Balaban J connectivity index is 2.26. The summed E-state index contributed by atoms with van der Waals surface area (Å²) in [6.07, 6.45) is 3.35. The Morgan fingerprint density at radius 2 is 2.14 bits per heavy atom. The molecule has 1 atom stereocenters. The van der Waals surface area contributed by atoms with E-state index in [4.69, 9.17) is 5.73 Å². The van der Waals surface area contributed by atoms with Gasteiger partial charge < -0.3 is 5.73 Å². The first-order valence-electron chi connectivity index (χ1n) is 5.07. The second kappa shape index (κ2) is 5.89. The summed E-state index contributed by atoms with van der Waals surface area (Å²) in [6.45, 7) is 4.45. The van der Waals surface area contributed by atoms with Crippen molar-refractivity contribution in [1.29, 1.82) is 0 Å². The van der Waals surface area contributed by atoms with E-state index >= 15 is 0 Å². The van der Waals surface area contributed by atoms with Crippen LogP contribution in [0.5, 0.6) is 0 Å². The van der Waals surface area contributed by atoms with E-state index in [2.05, 4.69) is 41.9 Å². The van der Waals surface area contributed by atoms with Crippen LogP contribution in [0, 0.1) is 5.92 Å². The minimum atomic E-state index is 0.357. The zero-order chi connectivity index (χ0) is 10.6. The van der Waals surface area contributed by atoms with Gasteiger partial charge in [-0.25, -0.2) is 0 Å². The predicted octanol–water partition coefficient (Wildman–Crippen LogP) is 3.82. The van der Waals surface area contributed by atoms with Gasteiger partial charge in [0, 0.05) is 10.9 Å². The van der Waals surface area contributed by atoms with Crippen molar-refractivity contribution >= 4 is 27.3 Å². The zero-order valence-corrected chi connectivity index (χ0v) is 11.2. The van der Waals surface area contributed by atoms with Crippen molar-refractivity contribution in [1.82, 2.24) is 0 Å². The Morgan fingerprint density at radius 3 is 2.64 bits per heavy atom. The molecule has 3 heteroatoms. The maximum atomic E-state index is 6.02. The maximum Gasteiger partial charge on any atom is 0.0701 e. The normalized spacial score (nSPS) is 13.5. The first-order valence-corrected chi connectivity index (χ1v) is 6.68. The Hall–Kier alpha value is 0.140. The van der Waals surface area contributed by atoms with Crippen LogP contribution < -0.4 is 5.73 Å². The molecule has 14 heavy (non-hydrogen) atoms. The van der Waals surface area contributed by atoms with E-state index in [-0.39, 0.29) is 0 Å². The van der Waals surface area contributed by atoms with Gasteiger partial charge in [-0.3, -0.25) is 0 Å². The van der Waals surface area contributed by atoms with E-state index in [1.807, 2.05) is 11.3 Å². The molecule has 0 fully saturated rings. The third kappa shape index (κ3) is 4.58. The first kappa shape index (κ1) is 12.2. The van der Waals surface area contributed by atoms with Crippen molar-refractivity contribution in [3.05, 3.63) is 20.8 Å². The fourth-order valence-electron chi connectivity index (χ4n) is 1.54. The molecular weight excluding hydrogens is 258 g/mol. The number of thiophene rings is 1. The molecule has 1 aromatic heterocycles. The lowest BCUT2D eigenvalue weighted by molar-refractivity contribution is 0.474. The lowest BCUT2D eigenvalue weighted by atomic mass is 10.0. The van der Waals surface area contributed by atoms with Crippen molar-refractivity contribution in [2.24, 2.45) is 11.7 Å². The van der Waals surface area contributed by atoms with Gasteiger partial charge in [0.15, 0.2) is 0 Å². The summed E-state index contributed by atoms with van der Waals surface area (Å²) >= 11 is 5.28. The minimum Gasteiger partial charge on any atom is -0.328 e. The molecule has 0 amide bonds. The molecule has 0 aliphatic rings. The van der Waals surface area contributed by atoms with Gasteiger partial charge in [-0.05, 0) is 53.2 Å². The van der Waals surface area contributed by atoms with E-state index < -0.39 is 0 Å². The van der Waals surface area contributed by atoms with Crippen LogP contribution in [0.1, 0.15) is 31.6 Å². The van der Waals surface area contributed by atoms with Gasteiger partial charge in [-0.1, -0.05) is 13.8 Å². The molecule has 0 saturated carbocycles. The highest BCUT2D eigenvalue weighted by molar-refractivity contribution is 9.11. The van der Waals surface area contributed by atoms with Gasteiger partial charge in [0.1, 0.15) is 0 Å². The van der Waals surface area contributed by atoms with Crippen LogP contribution in [-0.4, -0.2) is 6.04 Å². The molecule has 80 valence electrons. The highest BCUT2D eigenvalue weighted by Gasteiger charge is 2.06. The largest absolute Gasteiger partial charge is 0.328 e. The SMILES string of the molecule is CC(C)CC(N)CCc1ccc(Br)s1. The van der Waals surface area contributed by atoms with Crippen molar-refractivity contribution in [2.75, 3.05) is 0 Å². The van der Waals surface area contributed by atoms with Crippen molar-refractivity contribution in [2.45, 2.75) is 39.2 Å². The molecule has 0 radical (unpaired) electrons. The van der Waals surface area contributed by atoms with Crippen LogP contribution in [0.4, 0.5) is 0 Å². The molecule has 0 saturated heterocycles. The second-order valence-corrected chi connectivity index (χ2v) is 6.68. The summed E-state index contributed by atoms with van der Waals surface area (Å²) in [5.41, 5.74) is 6.02. The van der Waals surface area contributed by atoms with Crippen molar-refractivity contribution in [3.8, 4) is 0 Å². The van der Waals surface area contributed by atoms with Gasteiger partial charge in [0.2, 0.25) is 0 Å². The molecule has 2 N–H and O–H groups in total. The number of halogens is 1. The number of hydrogen-bond acceptors (Lipinski definition) is 2. The lowest BCUT2D eigenvalue weighted by Crippen LogP contribution is -2.22. The maximum absolute atomic E-state index is 6.02. The summed E-state index contributed by atoms with van der Waals surface area (Å²) in [5, 5.41) is 0. The van der Waals surface area contributed by atoms with Crippen LogP contribution in [0.2, 0.25) is 0 Å². The average Bonchev–Trinajstić information content (AvgIpc) is 2.47. The van der Waals surface area contributed by atoms with Crippen molar-refractivity contribution < 1.29 is 0 Å². The van der Waals surface area contributed by atoms with Gasteiger partial charge in [-0.15, -0.1) is 11.3 Å². The quantitative estimate of drug-likeness (QED) is 0.869. The van der Waals surface area contributed by atoms with Crippen LogP contribution in [0.25, 0.3) is 0 Å². The molecule has 1 nitrogen and oxygen atoms in total. The predicted molar refractivity (Wildman–Crippen MR) is 67.8 cm³/mol. The zero-order valence-electron chi connectivity index (χ0n) is 8.79. The monoisotopic (exact) mass is 275 g/mol. The second-order valence-electron chi connectivity index (χ2n) is 4.13. The summed E-state index contributed by atoms with van der Waals surface area (Å²) in [5.74, 6) is 0.708. The summed E-state index contributed by atoms with van der Waals surface area (Å²) in [6, 6.07) is 4.64. The standard InChI is InChI=1S/C11H18BrNS/c1-8(2)7-9(13)3-4-10-5-6-11(12)14-10/h5-6,8-9H,3-4,7,13H2,1-2H3. The topological polar surface area (TPSA) is 26.0 Å². The van der Waals surface area contributed by atoms with Gasteiger partial charge in [-0.2, -0.15) is 0 Å². The Bertz CT molecular complexity index is 270. The summed E-state index contributed by atoms with van der Waals surface area (Å²) in [7, 11) is 0. The lowest BCUT2D eigenvalue weighted by Gasteiger charge is -2.12. The third-order valence-electron chi connectivity index (χ3n) is 2.16. The Labute approximate surface area is 98.8 Å². The number of aryl methyl sites for hydroxylation is 1.